The summed E-state index contributed by atoms with van der Waals surface area (Å²) in [6, 6.07) is 23.8. The van der Waals surface area contributed by atoms with Crippen LogP contribution in [-0.4, -0.2) is 28.3 Å². The van der Waals surface area contributed by atoms with E-state index in [9.17, 15) is 9.59 Å². The van der Waals surface area contributed by atoms with E-state index in [4.69, 9.17) is 11.6 Å². The lowest BCUT2D eigenvalue weighted by Crippen LogP contribution is -2.53. The smallest absolute Gasteiger partial charge is 0.255 e. The average Bonchev–Trinajstić information content (AvgIpc) is 2.89. The molecule has 5 heteroatoms. The van der Waals surface area contributed by atoms with Crippen molar-refractivity contribution in [1.29, 1.82) is 0 Å². The summed E-state index contributed by atoms with van der Waals surface area (Å²) in [6.45, 7) is 6.11. The number of amides is 2. The number of nitrogens with one attached hydrogen (secondary N) is 1. The molecule has 3 aromatic rings. The molecule has 3 aromatic carbocycles. The van der Waals surface area contributed by atoms with Crippen molar-refractivity contribution in [3.8, 4) is 0 Å². The van der Waals surface area contributed by atoms with Crippen molar-refractivity contribution in [2.75, 3.05) is 0 Å². The minimum absolute atomic E-state index is 0.177. The molecule has 1 aliphatic rings. The molecule has 4 nitrogen and oxygen atoms in total. The van der Waals surface area contributed by atoms with Gasteiger partial charge < -0.3 is 10.2 Å². The molecule has 0 aromatic heterocycles. The second-order valence-corrected chi connectivity index (χ2v) is 9.69. The van der Waals surface area contributed by atoms with Crippen LogP contribution >= 0.6 is 11.6 Å². The summed E-state index contributed by atoms with van der Waals surface area (Å²) < 4.78 is 0. The molecule has 0 saturated heterocycles. The van der Waals surface area contributed by atoms with E-state index in [1.54, 1.807) is 17.0 Å². The van der Waals surface area contributed by atoms with Gasteiger partial charge in [0, 0.05) is 22.7 Å². The predicted octanol–water partition coefficient (Wildman–Crippen LogP) is 5.82. The number of benzene rings is 3. The summed E-state index contributed by atoms with van der Waals surface area (Å²) in [5, 5.41) is 3.70. The zero-order valence-corrected chi connectivity index (χ0v) is 19.8. The minimum Gasteiger partial charge on any atom is -0.349 e. The van der Waals surface area contributed by atoms with Crippen LogP contribution in [0.15, 0.2) is 78.9 Å². The summed E-state index contributed by atoms with van der Waals surface area (Å²) in [5.41, 5.74) is 3.46. The lowest BCUT2D eigenvalue weighted by molar-refractivity contribution is -0.125. The molecule has 33 heavy (non-hydrogen) atoms. The Kier molecular flexibility index (Phi) is 6.39. The fraction of sp³-hybridized carbons (Fsp3) is 0.214. The first-order chi connectivity index (χ1) is 15.7. The largest absolute Gasteiger partial charge is 0.349 e. The Labute approximate surface area is 199 Å². The maximum Gasteiger partial charge on any atom is 0.255 e. The SMILES string of the molecule is CC(C)(C)NC(=O)C1C(c2ccc(Cl)cc2)=Cc2ccccc2C(=O)N1Cc1ccccc1. The topological polar surface area (TPSA) is 49.4 Å². The van der Waals surface area contributed by atoms with E-state index in [1.807, 2.05) is 93.6 Å². The third-order valence-electron chi connectivity index (χ3n) is 5.49. The number of hydrogen-bond donors (Lipinski definition) is 1. The van der Waals surface area contributed by atoms with Crippen LogP contribution < -0.4 is 5.32 Å². The first-order valence-electron chi connectivity index (χ1n) is 11.0. The molecule has 168 valence electrons. The van der Waals surface area contributed by atoms with Gasteiger partial charge in [0.15, 0.2) is 0 Å². The Bertz CT molecular complexity index is 1190. The highest BCUT2D eigenvalue weighted by Gasteiger charge is 2.38. The fourth-order valence-corrected chi connectivity index (χ4v) is 4.18. The maximum absolute atomic E-state index is 13.8. The molecular formula is C28H27ClN2O2. The molecular weight excluding hydrogens is 432 g/mol. The van der Waals surface area contributed by atoms with Crippen LogP contribution in [0.3, 0.4) is 0 Å². The van der Waals surface area contributed by atoms with Gasteiger partial charge in [0.05, 0.1) is 0 Å². The van der Waals surface area contributed by atoms with Crippen LogP contribution in [0.2, 0.25) is 5.02 Å². The zero-order chi connectivity index (χ0) is 23.6. The Hall–Kier alpha value is -3.37. The maximum atomic E-state index is 13.8. The standard InChI is InChI=1S/C28H27ClN2O2/c1-28(2,3)30-26(32)25-24(20-13-15-22(29)16-14-20)17-21-11-7-8-12-23(21)27(33)31(25)18-19-9-5-4-6-10-19/h4-17,25H,18H2,1-3H3,(H,30,32). The van der Waals surface area contributed by atoms with Gasteiger partial charge in [-0.3, -0.25) is 9.59 Å². The Balaban J connectivity index is 1.91. The molecule has 1 heterocycles. The van der Waals surface area contributed by atoms with Gasteiger partial charge in [-0.15, -0.1) is 0 Å². The molecule has 0 aliphatic carbocycles. The van der Waals surface area contributed by atoms with Crippen LogP contribution in [0.4, 0.5) is 0 Å². The highest BCUT2D eigenvalue weighted by molar-refractivity contribution is 6.30. The predicted molar refractivity (Wildman–Crippen MR) is 134 cm³/mol. The van der Waals surface area contributed by atoms with Crippen molar-refractivity contribution in [3.05, 3.63) is 106 Å². The molecule has 1 atom stereocenters. The third-order valence-corrected chi connectivity index (χ3v) is 5.74. The summed E-state index contributed by atoms with van der Waals surface area (Å²) in [4.78, 5) is 29.3. The molecule has 0 bridgehead atoms. The van der Waals surface area contributed by atoms with Gasteiger partial charge in [-0.05, 0) is 67.3 Å². The summed E-state index contributed by atoms with van der Waals surface area (Å²) in [5.74, 6) is -0.399. The van der Waals surface area contributed by atoms with Crippen molar-refractivity contribution in [2.24, 2.45) is 0 Å². The lowest BCUT2D eigenvalue weighted by atomic mass is 9.94. The molecule has 0 spiro atoms. The average molecular weight is 459 g/mol. The highest BCUT2D eigenvalue weighted by Crippen LogP contribution is 2.33. The van der Waals surface area contributed by atoms with Crippen molar-refractivity contribution >= 4 is 35.1 Å². The van der Waals surface area contributed by atoms with E-state index in [0.717, 1.165) is 22.3 Å². The van der Waals surface area contributed by atoms with Gasteiger partial charge in [0.1, 0.15) is 6.04 Å². The fourth-order valence-electron chi connectivity index (χ4n) is 4.05. The Morgan fingerprint density at radius 1 is 0.939 bits per heavy atom. The second-order valence-electron chi connectivity index (χ2n) is 9.25. The van der Waals surface area contributed by atoms with Gasteiger partial charge in [-0.2, -0.15) is 0 Å². The van der Waals surface area contributed by atoms with Crippen LogP contribution in [0.1, 0.15) is 47.8 Å². The molecule has 0 saturated carbocycles. The van der Waals surface area contributed by atoms with Gasteiger partial charge in [0.25, 0.3) is 5.91 Å². The van der Waals surface area contributed by atoms with Gasteiger partial charge in [-0.25, -0.2) is 0 Å². The zero-order valence-electron chi connectivity index (χ0n) is 19.0. The number of hydrogen-bond acceptors (Lipinski definition) is 2. The van der Waals surface area contributed by atoms with E-state index in [0.29, 0.717) is 17.1 Å². The van der Waals surface area contributed by atoms with Crippen LogP contribution in [-0.2, 0) is 11.3 Å². The Morgan fingerprint density at radius 2 is 1.58 bits per heavy atom. The number of nitrogens with zero attached hydrogens (tertiary/aromatic N) is 1. The first-order valence-corrected chi connectivity index (χ1v) is 11.3. The van der Waals surface area contributed by atoms with Crippen LogP contribution in [0, 0.1) is 0 Å². The summed E-state index contributed by atoms with van der Waals surface area (Å²) >= 11 is 6.15. The number of rotatable bonds is 4. The molecule has 4 rings (SSSR count). The van der Waals surface area contributed by atoms with Crippen molar-refractivity contribution in [3.63, 3.8) is 0 Å². The normalized spacial score (nSPS) is 16.0. The van der Waals surface area contributed by atoms with Crippen LogP contribution in [0.25, 0.3) is 11.6 Å². The summed E-state index contributed by atoms with van der Waals surface area (Å²) in [6.07, 6.45) is 1.95. The van der Waals surface area contributed by atoms with Gasteiger partial charge in [0.2, 0.25) is 5.91 Å². The molecule has 1 aliphatic heterocycles. The van der Waals surface area contributed by atoms with E-state index >= 15 is 0 Å². The van der Waals surface area contributed by atoms with Crippen molar-refractivity contribution in [2.45, 2.75) is 38.9 Å². The molecule has 0 fully saturated rings. The number of carbonyl (C=O) groups is 2. The number of fused-ring (bicyclic) bond motifs is 1. The Morgan fingerprint density at radius 3 is 2.24 bits per heavy atom. The number of carbonyl (C=O) groups excluding carboxylic acids is 2. The minimum atomic E-state index is -0.814. The molecule has 1 unspecified atom stereocenters. The molecule has 1 N–H and O–H groups in total. The quantitative estimate of drug-likeness (QED) is 0.535. The second kappa shape index (κ2) is 9.24. The van der Waals surface area contributed by atoms with E-state index in [2.05, 4.69) is 5.32 Å². The molecule has 2 amide bonds. The third kappa shape index (κ3) is 5.18. The van der Waals surface area contributed by atoms with Gasteiger partial charge in [-0.1, -0.05) is 72.3 Å². The van der Waals surface area contributed by atoms with E-state index in [1.165, 1.54) is 0 Å². The highest BCUT2D eigenvalue weighted by atomic mass is 35.5. The van der Waals surface area contributed by atoms with Crippen molar-refractivity contribution in [1.82, 2.24) is 10.2 Å². The van der Waals surface area contributed by atoms with Crippen molar-refractivity contribution < 1.29 is 9.59 Å². The first kappa shape index (κ1) is 22.8. The lowest BCUT2D eigenvalue weighted by Gasteiger charge is -2.34. The molecule has 0 radical (unpaired) electrons. The number of halogens is 1. The van der Waals surface area contributed by atoms with E-state index < -0.39 is 11.6 Å². The van der Waals surface area contributed by atoms with E-state index in [-0.39, 0.29) is 11.8 Å². The summed E-state index contributed by atoms with van der Waals surface area (Å²) in [7, 11) is 0. The monoisotopic (exact) mass is 458 g/mol. The van der Waals surface area contributed by atoms with Gasteiger partial charge >= 0.3 is 0 Å². The van der Waals surface area contributed by atoms with Crippen LogP contribution in [0.5, 0.6) is 0 Å².